The van der Waals surface area contributed by atoms with Crippen molar-refractivity contribution in [3.8, 4) is 5.75 Å². The molecular formula is C14H10Cl2N2O4. The van der Waals surface area contributed by atoms with E-state index in [0.717, 1.165) is 0 Å². The van der Waals surface area contributed by atoms with Crippen LogP contribution in [0.1, 0.15) is 0 Å². The minimum absolute atomic E-state index is 0.0184. The van der Waals surface area contributed by atoms with Gasteiger partial charge in [-0.1, -0.05) is 35.3 Å². The average molecular weight is 341 g/mol. The number of nitrogens with zero attached hydrogens (tertiary/aromatic N) is 1. The summed E-state index contributed by atoms with van der Waals surface area (Å²) in [4.78, 5) is 22.1. The zero-order valence-electron chi connectivity index (χ0n) is 11.1. The molecule has 0 aliphatic heterocycles. The SMILES string of the molecule is O=C(COc1ccccc1[N+](=O)[O-])Nc1ccc(Cl)cc1Cl. The molecule has 0 aliphatic rings. The molecule has 2 aromatic rings. The molecule has 0 atom stereocenters. The second-order valence-corrected chi connectivity index (χ2v) is 5.03. The maximum absolute atomic E-state index is 11.8. The smallest absolute Gasteiger partial charge is 0.310 e. The van der Waals surface area contributed by atoms with Gasteiger partial charge in [-0.15, -0.1) is 0 Å². The minimum atomic E-state index is -0.580. The molecule has 0 aromatic heterocycles. The minimum Gasteiger partial charge on any atom is -0.477 e. The number of amides is 1. The molecule has 0 radical (unpaired) electrons. The van der Waals surface area contributed by atoms with Gasteiger partial charge in [0, 0.05) is 11.1 Å². The van der Waals surface area contributed by atoms with Crippen molar-refractivity contribution in [2.45, 2.75) is 0 Å². The molecular weight excluding hydrogens is 331 g/mol. The number of hydrogen-bond donors (Lipinski definition) is 1. The Kier molecular flexibility index (Phi) is 5.19. The molecule has 2 rings (SSSR count). The summed E-state index contributed by atoms with van der Waals surface area (Å²) in [6, 6.07) is 10.4. The average Bonchev–Trinajstić information content (AvgIpc) is 2.48. The lowest BCUT2D eigenvalue weighted by Gasteiger charge is -2.09. The molecule has 8 heteroatoms. The Morgan fingerprint density at radius 1 is 1.23 bits per heavy atom. The number of anilines is 1. The normalized spacial score (nSPS) is 10.1. The second-order valence-electron chi connectivity index (χ2n) is 4.19. The number of benzene rings is 2. The van der Waals surface area contributed by atoms with Crippen LogP contribution in [-0.2, 0) is 4.79 Å². The summed E-state index contributed by atoms with van der Waals surface area (Å²) >= 11 is 11.7. The molecule has 0 unspecified atom stereocenters. The van der Waals surface area contributed by atoms with Crippen LogP contribution in [0.25, 0.3) is 0 Å². The number of hydrogen-bond acceptors (Lipinski definition) is 4. The first-order valence-corrected chi connectivity index (χ1v) is 6.84. The molecule has 0 spiro atoms. The van der Waals surface area contributed by atoms with Crippen molar-refractivity contribution < 1.29 is 14.5 Å². The van der Waals surface area contributed by atoms with E-state index in [-0.39, 0.29) is 23.1 Å². The zero-order chi connectivity index (χ0) is 16.1. The lowest BCUT2D eigenvalue weighted by molar-refractivity contribution is -0.385. The van der Waals surface area contributed by atoms with E-state index in [2.05, 4.69) is 5.32 Å². The lowest BCUT2D eigenvalue weighted by Crippen LogP contribution is -2.20. The third-order valence-electron chi connectivity index (χ3n) is 2.63. The van der Waals surface area contributed by atoms with Crippen molar-refractivity contribution in [1.82, 2.24) is 0 Å². The summed E-state index contributed by atoms with van der Waals surface area (Å²) in [6.45, 7) is -0.385. The van der Waals surface area contributed by atoms with Crippen LogP contribution in [0.4, 0.5) is 11.4 Å². The predicted molar refractivity (Wildman–Crippen MR) is 83.7 cm³/mol. The molecule has 2 aromatic carbocycles. The Bertz CT molecular complexity index is 722. The van der Waals surface area contributed by atoms with Crippen LogP contribution in [0, 0.1) is 10.1 Å². The molecule has 1 N–H and O–H groups in total. The molecule has 0 bridgehead atoms. The maximum atomic E-state index is 11.8. The highest BCUT2D eigenvalue weighted by Gasteiger charge is 2.15. The van der Waals surface area contributed by atoms with Crippen molar-refractivity contribution >= 4 is 40.5 Å². The number of carbonyl (C=O) groups excluding carboxylic acids is 1. The van der Waals surface area contributed by atoms with E-state index in [1.165, 1.54) is 24.3 Å². The maximum Gasteiger partial charge on any atom is 0.310 e. The van der Waals surface area contributed by atoms with Gasteiger partial charge in [0.05, 0.1) is 15.6 Å². The monoisotopic (exact) mass is 340 g/mol. The fraction of sp³-hybridized carbons (Fsp3) is 0.0714. The van der Waals surface area contributed by atoms with Gasteiger partial charge in [0.2, 0.25) is 0 Å². The molecule has 0 heterocycles. The number of nitrogens with one attached hydrogen (secondary N) is 1. The molecule has 1 amide bonds. The quantitative estimate of drug-likeness (QED) is 0.660. The highest BCUT2D eigenvalue weighted by Crippen LogP contribution is 2.27. The number of carbonyl (C=O) groups is 1. The molecule has 0 saturated carbocycles. The highest BCUT2D eigenvalue weighted by atomic mass is 35.5. The summed E-state index contributed by atoms with van der Waals surface area (Å²) in [5.74, 6) is -0.479. The van der Waals surface area contributed by atoms with E-state index in [4.69, 9.17) is 27.9 Å². The van der Waals surface area contributed by atoms with Gasteiger partial charge in [0.25, 0.3) is 5.91 Å². The van der Waals surface area contributed by atoms with Crippen molar-refractivity contribution in [2.75, 3.05) is 11.9 Å². The van der Waals surface area contributed by atoms with Crippen LogP contribution < -0.4 is 10.1 Å². The molecule has 0 saturated heterocycles. The summed E-state index contributed by atoms with van der Waals surface area (Å²) in [7, 11) is 0. The van der Waals surface area contributed by atoms with Gasteiger partial charge < -0.3 is 10.1 Å². The largest absolute Gasteiger partial charge is 0.477 e. The van der Waals surface area contributed by atoms with E-state index >= 15 is 0 Å². The van der Waals surface area contributed by atoms with Crippen molar-refractivity contribution in [3.05, 3.63) is 62.6 Å². The number of ether oxygens (including phenoxy) is 1. The summed E-state index contributed by atoms with van der Waals surface area (Å²) < 4.78 is 5.17. The number of rotatable bonds is 5. The zero-order valence-corrected chi connectivity index (χ0v) is 12.6. The van der Waals surface area contributed by atoms with Gasteiger partial charge in [-0.3, -0.25) is 14.9 Å². The van der Waals surface area contributed by atoms with Crippen LogP contribution in [0.15, 0.2) is 42.5 Å². The number of nitro benzene ring substituents is 1. The Morgan fingerprint density at radius 3 is 2.64 bits per heavy atom. The van der Waals surface area contributed by atoms with E-state index in [0.29, 0.717) is 10.7 Å². The van der Waals surface area contributed by atoms with Crippen molar-refractivity contribution in [2.24, 2.45) is 0 Å². The fourth-order valence-electron chi connectivity index (χ4n) is 1.65. The summed E-state index contributed by atoms with van der Waals surface area (Å²) in [6.07, 6.45) is 0. The molecule has 0 fully saturated rings. The van der Waals surface area contributed by atoms with E-state index in [1.807, 2.05) is 0 Å². The third-order valence-corrected chi connectivity index (χ3v) is 3.17. The van der Waals surface area contributed by atoms with E-state index in [1.54, 1.807) is 18.2 Å². The topological polar surface area (TPSA) is 81.5 Å². The van der Waals surface area contributed by atoms with Gasteiger partial charge >= 0.3 is 5.69 Å². The van der Waals surface area contributed by atoms with Crippen LogP contribution in [0.3, 0.4) is 0 Å². The van der Waals surface area contributed by atoms with Gasteiger partial charge in [-0.2, -0.15) is 0 Å². The van der Waals surface area contributed by atoms with Crippen molar-refractivity contribution in [1.29, 1.82) is 0 Å². The molecule has 22 heavy (non-hydrogen) atoms. The number of nitro groups is 1. The van der Waals surface area contributed by atoms with Crippen LogP contribution in [0.2, 0.25) is 10.0 Å². The number of para-hydroxylation sites is 2. The Balaban J connectivity index is 2.00. The summed E-state index contributed by atoms with van der Waals surface area (Å²) in [5.41, 5.74) is 0.169. The second kappa shape index (κ2) is 7.11. The molecule has 6 nitrogen and oxygen atoms in total. The third kappa shape index (κ3) is 4.09. The van der Waals surface area contributed by atoms with Crippen LogP contribution >= 0.6 is 23.2 Å². The van der Waals surface area contributed by atoms with Gasteiger partial charge in [0.1, 0.15) is 0 Å². The highest BCUT2D eigenvalue weighted by molar-refractivity contribution is 6.36. The fourth-order valence-corrected chi connectivity index (χ4v) is 2.11. The first kappa shape index (κ1) is 16.1. The lowest BCUT2D eigenvalue weighted by atomic mass is 10.3. The summed E-state index contributed by atoms with van der Waals surface area (Å²) in [5, 5.41) is 14.1. The number of halogens is 2. The predicted octanol–water partition coefficient (Wildman–Crippen LogP) is 3.92. The van der Waals surface area contributed by atoms with Crippen LogP contribution in [-0.4, -0.2) is 17.4 Å². The standard InChI is InChI=1S/C14H10Cl2N2O4/c15-9-5-6-11(10(16)7-9)17-14(19)8-22-13-4-2-1-3-12(13)18(20)21/h1-7H,8H2,(H,17,19). The Hall–Kier alpha value is -2.31. The Labute approximate surface area is 135 Å². The van der Waals surface area contributed by atoms with Gasteiger partial charge in [-0.25, -0.2) is 0 Å². The van der Waals surface area contributed by atoms with E-state index in [9.17, 15) is 14.9 Å². The first-order valence-electron chi connectivity index (χ1n) is 6.08. The van der Waals surface area contributed by atoms with Gasteiger partial charge in [0.15, 0.2) is 12.4 Å². The molecule has 0 aliphatic carbocycles. The first-order chi connectivity index (χ1) is 10.5. The van der Waals surface area contributed by atoms with Crippen molar-refractivity contribution in [3.63, 3.8) is 0 Å². The van der Waals surface area contributed by atoms with Crippen LogP contribution in [0.5, 0.6) is 5.75 Å². The molecule has 114 valence electrons. The Morgan fingerprint density at radius 2 is 1.95 bits per heavy atom. The van der Waals surface area contributed by atoms with E-state index < -0.39 is 10.8 Å². The van der Waals surface area contributed by atoms with Gasteiger partial charge in [-0.05, 0) is 24.3 Å².